The van der Waals surface area contributed by atoms with Crippen LogP contribution in [0.5, 0.6) is 5.75 Å². The average Bonchev–Trinajstić information content (AvgIpc) is 2.86. The second-order valence-corrected chi connectivity index (χ2v) is 8.49. The Morgan fingerprint density at radius 3 is 2.88 bits per heavy atom. The van der Waals surface area contributed by atoms with Crippen molar-refractivity contribution in [2.45, 2.75) is 89.6 Å². The number of hydrogen-bond donors (Lipinski definition) is 1. The molecule has 6 heteroatoms. The van der Waals surface area contributed by atoms with Gasteiger partial charge in [0.05, 0.1) is 13.2 Å². The summed E-state index contributed by atoms with van der Waals surface area (Å²) in [6, 6.07) is 5.36. The zero-order chi connectivity index (χ0) is 24.6. The SMILES string of the molecule is C=CCc1c(OCC(=O)OC)cccc1[C@@H](O)C#CCC[C@H](CCCCC)OC1CCCCO1. The summed E-state index contributed by atoms with van der Waals surface area (Å²) in [6.07, 6.45) is 10.4. The molecule has 0 bridgehead atoms. The minimum atomic E-state index is -0.960. The Bertz CT molecular complexity index is 803. The molecule has 34 heavy (non-hydrogen) atoms. The summed E-state index contributed by atoms with van der Waals surface area (Å²) in [5.41, 5.74) is 1.42. The van der Waals surface area contributed by atoms with E-state index in [-0.39, 0.29) is 19.0 Å². The topological polar surface area (TPSA) is 74.2 Å². The van der Waals surface area contributed by atoms with Crippen LogP contribution < -0.4 is 4.74 Å². The van der Waals surface area contributed by atoms with Gasteiger partial charge in [-0.05, 0) is 50.2 Å². The van der Waals surface area contributed by atoms with Crippen LogP contribution in [0.4, 0.5) is 0 Å². The molecule has 6 nitrogen and oxygen atoms in total. The summed E-state index contributed by atoms with van der Waals surface area (Å²) in [6.45, 7) is 6.56. The molecule has 1 aliphatic heterocycles. The Labute approximate surface area is 204 Å². The number of carbonyl (C=O) groups excluding carboxylic acids is 1. The third-order valence-corrected chi connectivity index (χ3v) is 5.83. The molecule has 1 saturated heterocycles. The largest absolute Gasteiger partial charge is 0.482 e. The summed E-state index contributed by atoms with van der Waals surface area (Å²) in [5.74, 6) is 6.14. The predicted octanol–water partition coefficient (Wildman–Crippen LogP) is 5.28. The molecular formula is C28H40O6. The molecule has 0 aromatic heterocycles. The van der Waals surface area contributed by atoms with Gasteiger partial charge in [-0.15, -0.1) is 12.5 Å². The number of hydrogen-bond acceptors (Lipinski definition) is 6. The molecule has 1 unspecified atom stereocenters. The lowest BCUT2D eigenvalue weighted by Gasteiger charge is -2.27. The Morgan fingerprint density at radius 2 is 2.18 bits per heavy atom. The first-order chi connectivity index (χ1) is 16.6. The van der Waals surface area contributed by atoms with E-state index in [1.54, 1.807) is 18.2 Å². The van der Waals surface area contributed by atoms with Crippen molar-refractivity contribution in [1.82, 2.24) is 0 Å². The van der Waals surface area contributed by atoms with E-state index in [4.69, 9.17) is 14.2 Å². The molecule has 1 aromatic rings. The third-order valence-electron chi connectivity index (χ3n) is 5.83. The minimum Gasteiger partial charge on any atom is -0.482 e. The predicted molar refractivity (Wildman–Crippen MR) is 132 cm³/mol. The summed E-state index contributed by atoms with van der Waals surface area (Å²) in [5, 5.41) is 10.8. The van der Waals surface area contributed by atoms with Gasteiger partial charge in [-0.1, -0.05) is 50.3 Å². The molecule has 0 spiro atoms. The van der Waals surface area contributed by atoms with Crippen molar-refractivity contribution in [3.05, 3.63) is 42.0 Å². The first kappa shape index (κ1) is 27.9. The zero-order valence-electron chi connectivity index (χ0n) is 20.7. The highest BCUT2D eigenvalue weighted by atomic mass is 16.7. The lowest BCUT2D eigenvalue weighted by atomic mass is 9.98. The van der Waals surface area contributed by atoms with E-state index in [9.17, 15) is 9.90 Å². The van der Waals surface area contributed by atoms with Gasteiger partial charge in [0.25, 0.3) is 0 Å². The van der Waals surface area contributed by atoms with Crippen LogP contribution in [0, 0.1) is 11.8 Å². The molecule has 188 valence electrons. The average molecular weight is 473 g/mol. The number of unbranched alkanes of at least 4 members (excludes halogenated alkanes) is 2. The van der Waals surface area contributed by atoms with Gasteiger partial charge in [0.2, 0.25) is 0 Å². The zero-order valence-corrected chi connectivity index (χ0v) is 20.7. The number of ether oxygens (including phenoxy) is 4. The number of carbonyl (C=O) groups is 1. The molecule has 3 atom stereocenters. The molecule has 0 radical (unpaired) electrons. The fraction of sp³-hybridized carbons (Fsp3) is 0.607. The van der Waals surface area contributed by atoms with Gasteiger partial charge in [0.1, 0.15) is 11.9 Å². The lowest BCUT2D eigenvalue weighted by Crippen LogP contribution is -2.28. The maximum atomic E-state index is 11.5. The molecule has 2 rings (SSSR count). The minimum absolute atomic E-state index is 0.104. The molecule has 0 aliphatic carbocycles. The second kappa shape index (κ2) is 16.3. The van der Waals surface area contributed by atoms with Crippen molar-refractivity contribution in [1.29, 1.82) is 0 Å². The van der Waals surface area contributed by atoms with Gasteiger partial charge in [-0.3, -0.25) is 0 Å². The molecule has 1 aromatic carbocycles. The lowest BCUT2D eigenvalue weighted by molar-refractivity contribution is -0.190. The van der Waals surface area contributed by atoms with E-state index in [2.05, 4.69) is 30.1 Å². The van der Waals surface area contributed by atoms with E-state index in [0.29, 0.717) is 24.2 Å². The Morgan fingerprint density at radius 1 is 1.32 bits per heavy atom. The van der Waals surface area contributed by atoms with E-state index in [1.807, 2.05) is 6.07 Å². The van der Waals surface area contributed by atoms with Crippen molar-refractivity contribution < 1.29 is 28.8 Å². The number of benzene rings is 1. The van der Waals surface area contributed by atoms with Crippen LogP contribution in [-0.4, -0.2) is 43.8 Å². The molecule has 0 saturated carbocycles. The third kappa shape index (κ3) is 9.89. The Balaban J connectivity index is 2.00. The van der Waals surface area contributed by atoms with Gasteiger partial charge in [-0.2, -0.15) is 0 Å². The van der Waals surface area contributed by atoms with Crippen molar-refractivity contribution in [3.8, 4) is 17.6 Å². The van der Waals surface area contributed by atoms with Gasteiger partial charge in [0.15, 0.2) is 12.9 Å². The van der Waals surface area contributed by atoms with Crippen molar-refractivity contribution in [3.63, 3.8) is 0 Å². The fourth-order valence-corrected chi connectivity index (χ4v) is 3.95. The van der Waals surface area contributed by atoms with E-state index in [0.717, 1.165) is 50.7 Å². The summed E-state index contributed by atoms with van der Waals surface area (Å²) >= 11 is 0. The van der Waals surface area contributed by atoms with Crippen LogP contribution in [-0.2, 0) is 25.4 Å². The van der Waals surface area contributed by atoms with Gasteiger partial charge >= 0.3 is 5.97 Å². The molecular weight excluding hydrogens is 432 g/mol. The van der Waals surface area contributed by atoms with Gasteiger partial charge in [0, 0.05) is 18.6 Å². The summed E-state index contributed by atoms with van der Waals surface area (Å²) in [4.78, 5) is 11.5. The molecule has 1 fully saturated rings. The number of aliphatic hydroxyl groups is 1. The van der Waals surface area contributed by atoms with Crippen LogP contribution in [0.25, 0.3) is 0 Å². The van der Waals surface area contributed by atoms with Crippen LogP contribution >= 0.6 is 0 Å². The number of aliphatic hydroxyl groups excluding tert-OH is 1. The van der Waals surface area contributed by atoms with E-state index >= 15 is 0 Å². The summed E-state index contributed by atoms with van der Waals surface area (Å²) < 4.78 is 22.2. The van der Waals surface area contributed by atoms with E-state index in [1.165, 1.54) is 20.0 Å². The number of methoxy groups -OCH3 is 1. The molecule has 1 aliphatic rings. The highest BCUT2D eigenvalue weighted by molar-refractivity contribution is 5.71. The van der Waals surface area contributed by atoms with Gasteiger partial charge < -0.3 is 24.1 Å². The van der Waals surface area contributed by atoms with Crippen LogP contribution in [0.3, 0.4) is 0 Å². The quantitative estimate of drug-likeness (QED) is 0.172. The highest BCUT2D eigenvalue weighted by Crippen LogP contribution is 2.28. The van der Waals surface area contributed by atoms with Crippen LogP contribution in [0.1, 0.15) is 81.9 Å². The molecule has 0 amide bonds. The maximum Gasteiger partial charge on any atom is 0.343 e. The Kier molecular flexibility index (Phi) is 13.4. The number of allylic oxidation sites excluding steroid dienone is 1. The van der Waals surface area contributed by atoms with Crippen molar-refractivity contribution >= 4 is 5.97 Å². The maximum absolute atomic E-state index is 11.5. The monoisotopic (exact) mass is 472 g/mol. The van der Waals surface area contributed by atoms with Crippen molar-refractivity contribution in [2.24, 2.45) is 0 Å². The fourth-order valence-electron chi connectivity index (χ4n) is 3.95. The Hall–Kier alpha value is -2.33. The van der Waals surface area contributed by atoms with Crippen molar-refractivity contribution in [2.75, 3.05) is 20.3 Å². The van der Waals surface area contributed by atoms with E-state index < -0.39 is 12.1 Å². The standard InChI is InChI=1S/C28H40O6/c1-4-6-7-14-22(34-28-19-10-11-20-32-28)15-8-9-17-25(29)23-16-12-18-26(24(23)13-5-2)33-21-27(30)31-3/h5,12,16,18,22,25,28-29H,2,4,6-8,10-11,13-15,19-21H2,1,3H3/t22-,25-,28?/m0/s1. The first-order valence-electron chi connectivity index (χ1n) is 12.4. The summed E-state index contributed by atoms with van der Waals surface area (Å²) in [7, 11) is 1.31. The number of rotatable bonds is 14. The van der Waals surface area contributed by atoms with Crippen LogP contribution in [0.2, 0.25) is 0 Å². The normalized spacial score (nSPS) is 17.2. The smallest absolute Gasteiger partial charge is 0.343 e. The van der Waals surface area contributed by atoms with Gasteiger partial charge in [-0.25, -0.2) is 4.79 Å². The molecule has 1 heterocycles. The molecule has 1 N–H and O–H groups in total. The highest BCUT2D eigenvalue weighted by Gasteiger charge is 2.19. The van der Waals surface area contributed by atoms with Crippen LogP contribution in [0.15, 0.2) is 30.9 Å². The first-order valence-corrected chi connectivity index (χ1v) is 12.4. The number of esters is 1. The second-order valence-electron chi connectivity index (χ2n) is 8.49.